The van der Waals surface area contributed by atoms with Crippen LogP contribution < -0.4 is 4.89 Å². The number of hydrogen-bond acceptors (Lipinski definition) is 4. The molecular formula is C32H54NO4P. The summed E-state index contributed by atoms with van der Waals surface area (Å²) >= 11 is 0. The van der Waals surface area contributed by atoms with E-state index in [9.17, 15) is 9.46 Å². The smallest absolute Gasteiger partial charge is 0.268 e. The van der Waals surface area contributed by atoms with Crippen LogP contribution in [0.4, 0.5) is 0 Å². The van der Waals surface area contributed by atoms with Crippen LogP contribution in [0.15, 0.2) is 23.3 Å². The summed E-state index contributed by atoms with van der Waals surface area (Å²) in [5.74, 6) is 4.05. The first-order valence-corrected chi connectivity index (χ1v) is 17.6. The van der Waals surface area contributed by atoms with Gasteiger partial charge in [-0.15, -0.1) is 0 Å². The molecule has 0 N–H and O–H groups in total. The highest BCUT2D eigenvalue weighted by Crippen LogP contribution is 2.56. The Balaban J connectivity index is 0.842. The minimum atomic E-state index is -4.20. The van der Waals surface area contributed by atoms with E-state index in [0.717, 1.165) is 60.3 Å². The van der Waals surface area contributed by atoms with E-state index in [4.69, 9.17) is 9.05 Å². The van der Waals surface area contributed by atoms with Gasteiger partial charge in [-0.3, -0.25) is 4.57 Å². The monoisotopic (exact) mass is 547 g/mol. The lowest BCUT2D eigenvalue weighted by molar-refractivity contribution is -0.928. The van der Waals surface area contributed by atoms with E-state index in [1.165, 1.54) is 82.6 Å². The Morgan fingerprint density at radius 2 is 1.34 bits per heavy atom. The Bertz CT molecular complexity index is 848. The van der Waals surface area contributed by atoms with Crippen molar-refractivity contribution in [3.63, 3.8) is 0 Å². The second-order valence-corrected chi connectivity index (χ2v) is 15.4. The fourth-order valence-electron chi connectivity index (χ4n) is 8.98. The maximum atomic E-state index is 12.1. The van der Waals surface area contributed by atoms with Crippen LogP contribution in [0.5, 0.6) is 0 Å². The van der Waals surface area contributed by atoms with Crippen molar-refractivity contribution in [2.45, 2.75) is 128 Å². The third-order valence-electron chi connectivity index (χ3n) is 11.1. The average Bonchev–Trinajstić information content (AvgIpc) is 3.01. The number of unbranched alkanes of at least 4 members (excludes halogenated alkanes) is 8. The van der Waals surface area contributed by atoms with Gasteiger partial charge in [0.1, 0.15) is 0 Å². The summed E-state index contributed by atoms with van der Waals surface area (Å²) in [4.78, 5) is 12.1. The van der Waals surface area contributed by atoms with Crippen LogP contribution in [0.3, 0.4) is 0 Å². The molecule has 2 aliphatic heterocycles. The molecule has 2 saturated heterocycles. The number of phosphoric ester groups is 1. The summed E-state index contributed by atoms with van der Waals surface area (Å²) in [6.45, 7) is 0.355. The fraction of sp³-hybridized carbons (Fsp3) is 0.875. The molecule has 6 rings (SSSR count). The summed E-state index contributed by atoms with van der Waals surface area (Å²) in [6, 6.07) is 1.34. The number of fused-ring (bicyclic) bond motifs is 2. The van der Waals surface area contributed by atoms with Crippen molar-refractivity contribution in [2.24, 2.45) is 23.7 Å². The van der Waals surface area contributed by atoms with E-state index in [1.54, 1.807) is 6.42 Å². The highest BCUT2D eigenvalue weighted by atomic mass is 31.2. The molecule has 38 heavy (non-hydrogen) atoms. The van der Waals surface area contributed by atoms with E-state index in [-0.39, 0.29) is 13.2 Å². The fourth-order valence-corrected chi connectivity index (χ4v) is 9.66. The summed E-state index contributed by atoms with van der Waals surface area (Å²) in [6.07, 6.45) is 27.7. The molecule has 6 fully saturated rings. The average molecular weight is 548 g/mol. The van der Waals surface area contributed by atoms with Gasteiger partial charge in [0.2, 0.25) is 0 Å². The highest BCUT2D eigenvalue weighted by molar-refractivity contribution is 7.45. The quantitative estimate of drug-likeness (QED) is 0.0912. The Labute approximate surface area is 232 Å². The van der Waals surface area contributed by atoms with E-state index < -0.39 is 7.82 Å². The molecule has 0 amide bonds. The van der Waals surface area contributed by atoms with Gasteiger partial charge in [0.25, 0.3) is 7.82 Å². The molecule has 0 aromatic carbocycles. The zero-order valence-corrected chi connectivity index (χ0v) is 25.2. The van der Waals surface area contributed by atoms with Crippen molar-refractivity contribution in [3.8, 4) is 0 Å². The zero-order valence-electron chi connectivity index (χ0n) is 24.3. The first kappa shape index (κ1) is 29.1. The van der Waals surface area contributed by atoms with Gasteiger partial charge in [-0.1, -0.05) is 61.8 Å². The summed E-state index contributed by atoms with van der Waals surface area (Å²) in [5.41, 5.74) is 3.22. The summed E-state index contributed by atoms with van der Waals surface area (Å²) in [5, 5.41) is 0. The van der Waals surface area contributed by atoms with Crippen LogP contribution in [0.1, 0.15) is 116 Å². The molecule has 216 valence electrons. The molecule has 6 bridgehead atoms. The van der Waals surface area contributed by atoms with Gasteiger partial charge >= 0.3 is 0 Å². The van der Waals surface area contributed by atoms with Crippen LogP contribution in [0.2, 0.25) is 0 Å². The first-order valence-electron chi connectivity index (χ1n) is 16.1. The van der Waals surface area contributed by atoms with Gasteiger partial charge in [0.15, 0.2) is 0 Å². The maximum Gasteiger partial charge on any atom is 0.268 e. The standard InChI is InChI=1S/C32H54NO4P/c1-33(2)30-13-14-31(33)24-25(23-30)15-17-37-38(34,35)36-16-11-9-7-5-3-4-6-8-10-12-32-28-19-26-18-27(21-28)22-29(32)20-26/h12,15,26-31H,3-11,13-14,16-24H2,1-2H3. The Kier molecular flexibility index (Phi) is 9.96. The third-order valence-corrected chi connectivity index (χ3v) is 12.1. The minimum absolute atomic E-state index is 0.113. The van der Waals surface area contributed by atoms with Gasteiger partial charge in [-0.2, -0.15) is 0 Å². The van der Waals surface area contributed by atoms with Gasteiger partial charge in [0, 0.05) is 25.7 Å². The predicted octanol–water partition coefficient (Wildman–Crippen LogP) is 7.71. The van der Waals surface area contributed by atoms with E-state index in [2.05, 4.69) is 20.2 Å². The lowest BCUT2D eigenvalue weighted by Gasteiger charge is -2.51. The van der Waals surface area contributed by atoms with Crippen LogP contribution in [0.25, 0.3) is 0 Å². The Hall–Kier alpha value is -0.450. The van der Waals surface area contributed by atoms with Crippen LogP contribution in [-0.2, 0) is 13.6 Å². The summed E-state index contributed by atoms with van der Waals surface area (Å²) in [7, 11) is 0.463. The van der Waals surface area contributed by atoms with Crippen molar-refractivity contribution in [1.82, 2.24) is 0 Å². The zero-order chi connectivity index (χ0) is 26.6. The maximum absolute atomic E-state index is 12.1. The number of hydrogen-bond donors (Lipinski definition) is 0. The Morgan fingerprint density at radius 3 is 1.95 bits per heavy atom. The molecule has 3 unspecified atom stereocenters. The number of rotatable bonds is 15. The van der Waals surface area contributed by atoms with Crippen LogP contribution in [-0.4, -0.2) is 43.9 Å². The molecule has 4 aliphatic carbocycles. The molecule has 0 spiro atoms. The van der Waals surface area contributed by atoms with Crippen molar-refractivity contribution >= 4 is 7.82 Å². The molecule has 5 nitrogen and oxygen atoms in total. The highest BCUT2D eigenvalue weighted by Gasteiger charge is 2.47. The topological polar surface area (TPSA) is 58.6 Å². The molecule has 3 atom stereocenters. The SMILES string of the molecule is C[N+]1(C)C2CCC1CC(=CCOP(=O)([O-])OCCCCCCCCCCC=C1C3CC4CC(C3)CC1C4)C2. The Morgan fingerprint density at radius 1 is 0.789 bits per heavy atom. The second-order valence-electron chi connectivity index (χ2n) is 14.0. The second kappa shape index (κ2) is 13.0. The number of allylic oxidation sites excluding steroid dienone is 2. The molecular weight excluding hydrogens is 493 g/mol. The molecule has 0 aromatic rings. The van der Waals surface area contributed by atoms with Crippen LogP contribution >= 0.6 is 7.82 Å². The van der Waals surface area contributed by atoms with Crippen molar-refractivity contribution in [2.75, 3.05) is 27.3 Å². The normalized spacial score (nSPS) is 34.5. The first-order chi connectivity index (χ1) is 18.3. The van der Waals surface area contributed by atoms with Crippen molar-refractivity contribution < 1.29 is 23.0 Å². The lowest BCUT2D eigenvalue weighted by atomic mass is 9.54. The number of phosphoric acid groups is 1. The van der Waals surface area contributed by atoms with E-state index in [1.807, 2.05) is 11.6 Å². The van der Waals surface area contributed by atoms with Crippen molar-refractivity contribution in [1.29, 1.82) is 0 Å². The van der Waals surface area contributed by atoms with Gasteiger partial charge in [0.05, 0.1) is 39.4 Å². The van der Waals surface area contributed by atoms with E-state index >= 15 is 0 Å². The molecule has 4 saturated carbocycles. The lowest BCUT2D eigenvalue weighted by Crippen LogP contribution is -2.52. The van der Waals surface area contributed by atoms with Crippen molar-refractivity contribution in [3.05, 3.63) is 23.3 Å². The van der Waals surface area contributed by atoms with Gasteiger partial charge in [-0.05, 0) is 75.0 Å². The number of nitrogens with zero attached hydrogens (tertiary/aromatic N) is 1. The van der Waals surface area contributed by atoms with Gasteiger partial charge in [-0.25, -0.2) is 0 Å². The van der Waals surface area contributed by atoms with Crippen LogP contribution in [0, 0.1) is 23.7 Å². The number of piperidine rings is 1. The van der Waals surface area contributed by atoms with Gasteiger partial charge < -0.3 is 18.4 Å². The third kappa shape index (κ3) is 7.43. The molecule has 0 radical (unpaired) electrons. The van der Waals surface area contributed by atoms with E-state index in [0.29, 0.717) is 12.1 Å². The number of quaternary nitrogens is 1. The molecule has 6 heteroatoms. The summed E-state index contributed by atoms with van der Waals surface area (Å²) < 4.78 is 23.4. The molecule has 2 heterocycles. The predicted molar refractivity (Wildman–Crippen MR) is 152 cm³/mol. The minimum Gasteiger partial charge on any atom is -0.756 e. The molecule has 6 aliphatic rings. The largest absolute Gasteiger partial charge is 0.756 e. The molecule has 0 aromatic heterocycles.